The molecule has 1 aromatic carbocycles. The Morgan fingerprint density at radius 3 is 2.58 bits per heavy atom. The number of carbonyl (C=O) groups is 1. The molecule has 7 heteroatoms. The minimum atomic E-state index is -0.498. The molecule has 170 valence electrons. The lowest BCUT2D eigenvalue weighted by molar-refractivity contribution is -0.217. The third-order valence-corrected chi connectivity index (χ3v) is 7.71. The van der Waals surface area contributed by atoms with Gasteiger partial charge in [-0.1, -0.05) is 0 Å². The average molecular weight is 433 g/mol. The van der Waals surface area contributed by atoms with Crippen LogP contribution in [0.2, 0.25) is 0 Å². The zero-order valence-electron chi connectivity index (χ0n) is 18.4. The summed E-state index contributed by atoms with van der Waals surface area (Å²) in [6.07, 6.45) is 6.91. The molecular formula is C24H33FN2O4. The van der Waals surface area contributed by atoms with Crippen molar-refractivity contribution in [1.82, 2.24) is 9.80 Å². The highest BCUT2D eigenvalue weighted by molar-refractivity contribution is 5.94. The minimum absolute atomic E-state index is 0.102. The number of hydrogen-bond acceptors (Lipinski definition) is 5. The topological polar surface area (TPSA) is 51.2 Å². The number of nitrogens with zero attached hydrogens (tertiary/aromatic N) is 2. The summed E-state index contributed by atoms with van der Waals surface area (Å²) in [6.45, 7) is 4.92. The van der Waals surface area contributed by atoms with Crippen molar-refractivity contribution in [2.24, 2.45) is 5.92 Å². The van der Waals surface area contributed by atoms with Crippen LogP contribution in [0.25, 0.3) is 0 Å². The van der Waals surface area contributed by atoms with E-state index in [1.807, 2.05) is 4.90 Å². The summed E-state index contributed by atoms with van der Waals surface area (Å²) in [5.41, 5.74) is 0.499. The van der Waals surface area contributed by atoms with Gasteiger partial charge in [0, 0.05) is 51.1 Å². The van der Waals surface area contributed by atoms with Crippen LogP contribution in [0.1, 0.15) is 48.9 Å². The molecule has 1 unspecified atom stereocenters. The first-order valence-electron chi connectivity index (χ1n) is 11.7. The van der Waals surface area contributed by atoms with Gasteiger partial charge in [-0.2, -0.15) is 0 Å². The second-order valence-corrected chi connectivity index (χ2v) is 9.51. The number of hydrogen-bond donors (Lipinski definition) is 0. The first kappa shape index (κ1) is 21.2. The largest absolute Gasteiger partial charge is 0.494 e. The quantitative estimate of drug-likeness (QED) is 0.692. The van der Waals surface area contributed by atoms with E-state index in [9.17, 15) is 9.18 Å². The molecule has 6 nitrogen and oxygen atoms in total. The molecule has 0 radical (unpaired) electrons. The maximum Gasteiger partial charge on any atom is 0.253 e. The molecule has 31 heavy (non-hydrogen) atoms. The van der Waals surface area contributed by atoms with E-state index in [1.165, 1.54) is 32.1 Å². The fourth-order valence-corrected chi connectivity index (χ4v) is 5.56. The summed E-state index contributed by atoms with van der Waals surface area (Å²) < 4.78 is 31.0. The van der Waals surface area contributed by atoms with Gasteiger partial charge in [-0.25, -0.2) is 4.39 Å². The highest BCUT2D eigenvalue weighted by Crippen LogP contribution is 2.45. The second kappa shape index (κ2) is 8.68. The lowest BCUT2D eigenvalue weighted by Crippen LogP contribution is -2.76. The fraction of sp³-hybridized carbons (Fsp3) is 0.708. The van der Waals surface area contributed by atoms with Crippen molar-refractivity contribution in [2.75, 3.05) is 46.6 Å². The van der Waals surface area contributed by atoms with E-state index >= 15 is 0 Å². The van der Waals surface area contributed by atoms with Crippen LogP contribution in [0.3, 0.4) is 0 Å². The van der Waals surface area contributed by atoms with E-state index in [4.69, 9.17) is 14.2 Å². The number of methoxy groups -OCH3 is 1. The van der Waals surface area contributed by atoms with Crippen LogP contribution >= 0.6 is 0 Å². The van der Waals surface area contributed by atoms with Gasteiger partial charge in [0.2, 0.25) is 0 Å². The van der Waals surface area contributed by atoms with E-state index in [-0.39, 0.29) is 17.2 Å². The summed E-state index contributed by atoms with van der Waals surface area (Å²) >= 11 is 0. The third kappa shape index (κ3) is 4.08. The Bertz CT molecular complexity index is 801. The van der Waals surface area contributed by atoms with Crippen LogP contribution in [-0.2, 0) is 9.47 Å². The zero-order valence-corrected chi connectivity index (χ0v) is 18.4. The Morgan fingerprint density at radius 1 is 1.19 bits per heavy atom. The van der Waals surface area contributed by atoms with Crippen molar-refractivity contribution in [3.05, 3.63) is 29.6 Å². The van der Waals surface area contributed by atoms with Crippen LogP contribution in [0.15, 0.2) is 18.2 Å². The smallest absolute Gasteiger partial charge is 0.253 e. The van der Waals surface area contributed by atoms with Crippen molar-refractivity contribution in [1.29, 1.82) is 0 Å². The fourth-order valence-electron chi connectivity index (χ4n) is 5.56. The number of rotatable bonds is 6. The normalized spacial score (nSPS) is 26.6. The van der Waals surface area contributed by atoms with Crippen molar-refractivity contribution >= 4 is 5.91 Å². The lowest BCUT2D eigenvalue weighted by Gasteiger charge is -2.63. The van der Waals surface area contributed by atoms with Gasteiger partial charge in [-0.05, 0) is 62.6 Å². The average Bonchev–Trinajstić information content (AvgIpc) is 3.63. The number of likely N-dealkylation sites (tertiary alicyclic amines) is 2. The molecule has 5 rings (SSSR count). The van der Waals surface area contributed by atoms with Crippen LogP contribution in [0, 0.1) is 11.7 Å². The number of ether oxygens (including phenoxy) is 3. The first-order valence-corrected chi connectivity index (χ1v) is 11.7. The van der Waals surface area contributed by atoms with E-state index in [2.05, 4.69) is 4.90 Å². The molecule has 3 saturated heterocycles. The summed E-state index contributed by atoms with van der Waals surface area (Å²) in [5, 5.41) is 0. The van der Waals surface area contributed by atoms with E-state index in [0.29, 0.717) is 30.8 Å². The van der Waals surface area contributed by atoms with Crippen molar-refractivity contribution < 1.29 is 23.4 Å². The molecule has 1 amide bonds. The molecule has 4 fully saturated rings. The zero-order chi connectivity index (χ0) is 21.4. The van der Waals surface area contributed by atoms with Gasteiger partial charge in [0.25, 0.3) is 5.91 Å². The summed E-state index contributed by atoms with van der Waals surface area (Å²) in [5.74, 6) is 0.341. The standard InChI is InChI=1S/C24H33FN2O4/c1-29-21-5-4-18(14-20(21)25)23(28)26-10-6-19(7-11-26)27-15-22(31-16-17-2-3-17)24(27)8-12-30-13-9-24/h4-5,14,17,19,22H,2-3,6-13,15-16H2,1H3. The number of piperidine rings is 1. The highest BCUT2D eigenvalue weighted by Gasteiger charge is 2.57. The number of carbonyl (C=O) groups excluding carboxylic acids is 1. The first-order chi connectivity index (χ1) is 15.1. The van der Waals surface area contributed by atoms with E-state index < -0.39 is 5.82 Å². The Hall–Kier alpha value is -1.70. The van der Waals surface area contributed by atoms with Gasteiger partial charge in [-0.3, -0.25) is 9.69 Å². The molecule has 1 saturated carbocycles. The van der Waals surface area contributed by atoms with Crippen LogP contribution in [-0.4, -0.2) is 80.0 Å². The highest BCUT2D eigenvalue weighted by atomic mass is 19.1. The van der Waals surface area contributed by atoms with Crippen molar-refractivity contribution in [3.63, 3.8) is 0 Å². The molecule has 0 aromatic heterocycles. The van der Waals surface area contributed by atoms with Gasteiger partial charge >= 0.3 is 0 Å². The molecule has 3 aliphatic heterocycles. The van der Waals surface area contributed by atoms with Crippen molar-refractivity contribution in [2.45, 2.75) is 56.2 Å². The van der Waals surface area contributed by atoms with Crippen molar-refractivity contribution in [3.8, 4) is 5.75 Å². The minimum Gasteiger partial charge on any atom is -0.494 e. The molecule has 1 aromatic rings. The second-order valence-electron chi connectivity index (χ2n) is 9.51. The van der Waals surface area contributed by atoms with Gasteiger partial charge in [0.1, 0.15) is 0 Å². The summed E-state index contributed by atoms with van der Waals surface area (Å²) in [4.78, 5) is 17.4. The third-order valence-electron chi connectivity index (χ3n) is 7.71. The van der Waals surface area contributed by atoms with Gasteiger partial charge < -0.3 is 19.1 Å². The molecule has 1 aliphatic carbocycles. The molecule has 4 aliphatic rings. The predicted molar refractivity (Wildman–Crippen MR) is 114 cm³/mol. The maximum atomic E-state index is 14.0. The van der Waals surface area contributed by atoms with Gasteiger partial charge in [0.05, 0.1) is 18.8 Å². The summed E-state index contributed by atoms with van der Waals surface area (Å²) in [7, 11) is 1.42. The Balaban J connectivity index is 1.19. The molecule has 1 spiro atoms. The predicted octanol–water partition coefficient (Wildman–Crippen LogP) is 3.10. The van der Waals surface area contributed by atoms with E-state index in [1.54, 1.807) is 6.07 Å². The SMILES string of the molecule is COc1ccc(C(=O)N2CCC(N3CC(OCC4CC4)C34CCOCC4)CC2)cc1F. The van der Waals surface area contributed by atoms with Crippen LogP contribution in [0.4, 0.5) is 4.39 Å². The molecular weight excluding hydrogens is 399 g/mol. The monoisotopic (exact) mass is 432 g/mol. The number of halogens is 1. The lowest BCUT2D eigenvalue weighted by atomic mass is 9.73. The Morgan fingerprint density at radius 2 is 1.94 bits per heavy atom. The van der Waals surface area contributed by atoms with Gasteiger partial charge in [-0.15, -0.1) is 0 Å². The molecule has 3 heterocycles. The van der Waals surface area contributed by atoms with E-state index in [0.717, 1.165) is 58.0 Å². The Labute approximate surface area is 183 Å². The Kier molecular flexibility index (Phi) is 5.92. The molecule has 1 atom stereocenters. The maximum absolute atomic E-state index is 14.0. The van der Waals surface area contributed by atoms with Gasteiger partial charge in [0.15, 0.2) is 11.6 Å². The van der Waals surface area contributed by atoms with Crippen LogP contribution < -0.4 is 4.74 Å². The van der Waals surface area contributed by atoms with Crippen LogP contribution in [0.5, 0.6) is 5.75 Å². The molecule has 0 N–H and O–H groups in total. The number of benzene rings is 1. The molecule has 0 bridgehead atoms. The number of amides is 1. The summed E-state index contributed by atoms with van der Waals surface area (Å²) in [6, 6.07) is 4.91.